The first-order valence-corrected chi connectivity index (χ1v) is 11.1. The average molecular weight is 466 g/mol. The van der Waals surface area contributed by atoms with Gasteiger partial charge in [0.15, 0.2) is 0 Å². The number of hydrogen-bond acceptors (Lipinski definition) is 5. The Hall–Kier alpha value is -1.88. The van der Waals surface area contributed by atoms with E-state index in [-0.39, 0.29) is 23.5 Å². The van der Waals surface area contributed by atoms with Crippen LogP contribution < -0.4 is 5.32 Å². The number of aliphatic carboxylic acids is 1. The lowest BCUT2D eigenvalue weighted by Gasteiger charge is -2.54. The Morgan fingerprint density at radius 1 is 1.16 bits per heavy atom. The van der Waals surface area contributed by atoms with E-state index in [2.05, 4.69) is 24.1 Å². The van der Waals surface area contributed by atoms with Crippen molar-refractivity contribution < 1.29 is 37.4 Å². The van der Waals surface area contributed by atoms with Crippen molar-refractivity contribution in [3.8, 4) is 0 Å². The average Bonchev–Trinajstić information content (AvgIpc) is 3.16. The number of carboxylic acid groups (broad SMARTS) is 1. The molecule has 2 amide bonds. The highest BCUT2D eigenvalue weighted by Crippen LogP contribution is 2.31. The Morgan fingerprint density at radius 3 is 2.19 bits per heavy atom. The van der Waals surface area contributed by atoms with Crippen LogP contribution in [0.15, 0.2) is 0 Å². The fourth-order valence-corrected chi connectivity index (χ4v) is 4.22. The lowest BCUT2D eigenvalue weighted by Crippen LogP contribution is -2.73. The second kappa shape index (κ2) is 10.8. The van der Waals surface area contributed by atoms with Crippen LogP contribution in [0.2, 0.25) is 0 Å². The summed E-state index contributed by atoms with van der Waals surface area (Å²) in [6.45, 7) is 6.73. The number of nitrogens with one attached hydrogen (secondary N) is 1. The summed E-state index contributed by atoms with van der Waals surface area (Å²) in [6.07, 6.45) is 1.10. The molecule has 2 N–H and O–H groups in total. The van der Waals surface area contributed by atoms with Crippen LogP contribution in [-0.4, -0.2) is 89.8 Å². The summed E-state index contributed by atoms with van der Waals surface area (Å²) in [4.78, 5) is 37.6. The minimum atomic E-state index is -5.08. The summed E-state index contributed by atoms with van der Waals surface area (Å²) in [6, 6.07) is 0.131. The van der Waals surface area contributed by atoms with E-state index in [9.17, 15) is 22.8 Å². The highest BCUT2D eigenvalue weighted by atomic mass is 19.4. The number of nitrogens with zero attached hydrogens (tertiary/aromatic N) is 2. The monoisotopic (exact) mass is 465 g/mol. The van der Waals surface area contributed by atoms with Crippen molar-refractivity contribution in [3.05, 3.63) is 0 Å². The smallest absolute Gasteiger partial charge is 0.475 e. The molecular formula is C21H34F3N3O5. The van der Waals surface area contributed by atoms with Gasteiger partial charge in [-0.15, -0.1) is 0 Å². The van der Waals surface area contributed by atoms with Crippen molar-refractivity contribution in [2.75, 3.05) is 33.3 Å². The Bertz CT molecular complexity index is 674. The van der Waals surface area contributed by atoms with Gasteiger partial charge in [0.1, 0.15) is 11.6 Å². The molecule has 11 heteroatoms. The molecule has 184 valence electrons. The molecule has 0 bridgehead atoms. The standard InChI is InChI=1S/C19H33N3O3.C2HF3O2/c1-14(2)8-9-17(23)22-12-19(13-22)11-21(3)16(10-25-19)18(24)20-15-6-4-5-7-15;3-2(4,5)1(6)7/h14-16H,4-13H2,1-3H3,(H,20,24);(H,6,7). The van der Waals surface area contributed by atoms with Gasteiger partial charge in [0.05, 0.1) is 19.7 Å². The Kier molecular flexibility index (Phi) is 8.92. The number of ether oxygens (including phenoxy) is 1. The molecule has 8 nitrogen and oxygen atoms in total. The van der Waals surface area contributed by atoms with Crippen LogP contribution in [0.4, 0.5) is 13.2 Å². The highest BCUT2D eigenvalue weighted by Gasteiger charge is 2.51. The molecule has 3 rings (SSSR count). The predicted octanol–water partition coefficient (Wildman–Crippen LogP) is 2.03. The molecule has 2 aliphatic heterocycles. The van der Waals surface area contributed by atoms with Gasteiger partial charge in [0.25, 0.3) is 0 Å². The maximum Gasteiger partial charge on any atom is 0.490 e. The fourth-order valence-electron chi connectivity index (χ4n) is 4.22. The zero-order chi connectivity index (χ0) is 24.1. The van der Waals surface area contributed by atoms with Crippen molar-refractivity contribution in [2.24, 2.45) is 5.92 Å². The van der Waals surface area contributed by atoms with Gasteiger partial charge >= 0.3 is 12.1 Å². The van der Waals surface area contributed by atoms with E-state index >= 15 is 0 Å². The van der Waals surface area contributed by atoms with Crippen LogP contribution in [0.25, 0.3) is 0 Å². The van der Waals surface area contributed by atoms with Crippen molar-refractivity contribution in [1.29, 1.82) is 0 Å². The summed E-state index contributed by atoms with van der Waals surface area (Å²) >= 11 is 0. The fraction of sp³-hybridized carbons (Fsp3) is 0.857. The van der Waals surface area contributed by atoms with Gasteiger partial charge < -0.3 is 20.1 Å². The number of carbonyl (C=O) groups excluding carboxylic acids is 2. The predicted molar refractivity (Wildman–Crippen MR) is 110 cm³/mol. The molecule has 32 heavy (non-hydrogen) atoms. The molecule has 1 aliphatic carbocycles. The van der Waals surface area contributed by atoms with E-state index in [1.807, 2.05) is 11.9 Å². The molecule has 2 saturated heterocycles. The summed E-state index contributed by atoms with van der Waals surface area (Å²) in [7, 11) is 1.99. The van der Waals surface area contributed by atoms with Crippen LogP contribution in [0, 0.1) is 5.92 Å². The first-order valence-electron chi connectivity index (χ1n) is 11.1. The van der Waals surface area contributed by atoms with E-state index in [0.29, 0.717) is 44.6 Å². The number of amides is 2. The first-order chi connectivity index (χ1) is 14.8. The molecule has 1 atom stereocenters. The lowest BCUT2D eigenvalue weighted by atomic mass is 9.90. The molecule has 0 aromatic carbocycles. The molecule has 3 fully saturated rings. The van der Waals surface area contributed by atoms with Gasteiger partial charge in [-0.2, -0.15) is 13.2 Å². The summed E-state index contributed by atoms with van der Waals surface area (Å²) in [5.41, 5.74) is -0.271. The molecule has 1 unspecified atom stereocenters. The second-order valence-corrected chi connectivity index (χ2v) is 9.40. The van der Waals surface area contributed by atoms with Crippen molar-refractivity contribution in [2.45, 2.75) is 76.2 Å². The first kappa shape index (κ1) is 26.4. The maximum absolute atomic E-state index is 12.5. The van der Waals surface area contributed by atoms with E-state index in [1.165, 1.54) is 12.8 Å². The topological polar surface area (TPSA) is 99.2 Å². The molecule has 0 radical (unpaired) electrons. The highest BCUT2D eigenvalue weighted by molar-refractivity contribution is 5.82. The summed E-state index contributed by atoms with van der Waals surface area (Å²) in [5.74, 6) is -1.89. The minimum Gasteiger partial charge on any atom is -0.475 e. The van der Waals surface area contributed by atoms with Crippen LogP contribution in [-0.2, 0) is 19.1 Å². The Morgan fingerprint density at radius 2 is 1.72 bits per heavy atom. The van der Waals surface area contributed by atoms with E-state index < -0.39 is 12.1 Å². The molecule has 3 aliphatic rings. The second-order valence-electron chi connectivity index (χ2n) is 9.40. The number of hydrogen-bond donors (Lipinski definition) is 2. The number of halogens is 3. The van der Waals surface area contributed by atoms with E-state index in [4.69, 9.17) is 14.6 Å². The van der Waals surface area contributed by atoms with Gasteiger partial charge in [-0.05, 0) is 32.2 Å². The number of carboxylic acids is 1. The van der Waals surface area contributed by atoms with E-state index in [0.717, 1.165) is 19.3 Å². The third kappa shape index (κ3) is 7.33. The SMILES string of the molecule is CC(C)CCC(=O)N1CC2(C1)CN(C)C(C(=O)NC1CCCC1)CO2.O=C(O)C(F)(F)F. The van der Waals surface area contributed by atoms with Gasteiger partial charge in [0.2, 0.25) is 11.8 Å². The molecule has 2 heterocycles. The third-order valence-electron chi connectivity index (χ3n) is 6.11. The Balaban J connectivity index is 0.000000451. The number of alkyl halides is 3. The molecule has 0 aromatic heterocycles. The number of rotatable bonds is 5. The lowest BCUT2D eigenvalue weighted by molar-refractivity contribution is -0.201. The van der Waals surface area contributed by atoms with Crippen LogP contribution >= 0.6 is 0 Å². The number of likely N-dealkylation sites (tertiary alicyclic amines) is 1. The largest absolute Gasteiger partial charge is 0.490 e. The van der Waals surface area contributed by atoms with Crippen molar-refractivity contribution in [3.63, 3.8) is 0 Å². The zero-order valence-electron chi connectivity index (χ0n) is 18.9. The van der Waals surface area contributed by atoms with Crippen LogP contribution in [0.5, 0.6) is 0 Å². The normalized spacial score (nSPS) is 23.5. The number of carbonyl (C=O) groups is 3. The van der Waals surface area contributed by atoms with Gasteiger partial charge in [-0.3, -0.25) is 14.5 Å². The van der Waals surface area contributed by atoms with Crippen molar-refractivity contribution >= 4 is 17.8 Å². The van der Waals surface area contributed by atoms with Gasteiger partial charge in [-0.25, -0.2) is 4.79 Å². The molecule has 1 saturated carbocycles. The molecule has 1 spiro atoms. The van der Waals surface area contributed by atoms with Crippen LogP contribution in [0.1, 0.15) is 52.4 Å². The maximum atomic E-state index is 12.5. The number of morpholine rings is 1. The number of likely N-dealkylation sites (N-methyl/N-ethyl adjacent to an activating group) is 1. The minimum absolute atomic E-state index is 0.0911. The van der Waals surface area contributed by atoms with Crippen molar-refractivity contribution in [1.82, 2.24) is 15.1 Å². The quantitative estimate of drug-likeness (QED) is 0.645. The van der Waals surface area contributed by atoms with Gasteiger partial charge in [0, 0.05) is 19.0 Å². The Labute approximate surface area is 186 Å². The molecular weight excluding hydrogens is 431 g/mol. The summed E-state index contributed by atoms with van der Waals surface area (Å²) < 4.78 is 37.8. The zero-order valence-corrected chi connectivity index (χ0v) is 18.9. The van der Waals surface area contributed by atoms with Crippen LogP contribution in [0.3, 0.4) is 0 Å². The third-order valence-corrected chi connectivity index (χ3v) is 6.11. The molecule has 0 aromatic rings. The van der Waals surface area contributed by atoms with Gasteiger partial charge in [-0.1, -0.05) is 26.7 Å². The van der Waals surface area contributed by atoms with E-state index in [1.54, 1.807) is 0 Å². The summed E-state index contributed by atoms with van der Waals surface area (Å²) in [5, 5.41) is 10.3.